The molecular weight excluding hydrogens is 286 g/mol. The average molecular weight is 312 g/mol. The third-order valence-corrected chi connectivity index (χ3v) is 4.19. The van der Waals surface area contributed by atoms with Gasteiger partial charge in [0.15, 0.2) is 0 Å². The topological polar surface area (TPSA) is 30.5 Å². The van der Waals surface area contributed by atoms with E-state index < -0.39 is 0 Å². The summed E-state index contributed by atoms with van der Waals surface area (Å²) in [7, 11) is 1.68. The number of halogens is 1. The Labute approximate surface area is 133 Å². The highest BCUT2D eigenvalue weighted by molar-refractivity contribution is 6.31. The van der Waals surface area contributed by atoms with Crippen molar-refractivity contribution in [1.29, 1.82) is 0 Å². The molecule has 2 atom stereocenters. The van der Waals surface area contributed by atoms with Gasteiger partial charge in [-0.1, -0.05) is 17.7 Å². The van der Waals surface area contributed by atoms with Crippen LogP contribution in [0.2, 0.25) is 5.02 Å². The lowest BCUT2D eigenvalue weighted by molar-refractivity contribution is -0.0303. The first kappa shape index (κ1) is 16.6. The SMILES string of the molecule is COc1cccc(Cl)c1C1OCCCC1CNC(C)(C)C. The lowest BCUT2D eigenvalue weighted by atomic mass is 9.88. The summed E-state index contributed by atoms with van der Waals surface area (Å²) in [6, 6.07) is 5.77. The standard InChI is InChI=1S/C17H26ClNO2/c1-17(2,3)19-11-12-7-6-10-21-16(12)15-13(18)8-5-9-14(15)20-4/h5,8-9,12,16,19H,6-7,10-11H2,1-4H3. The Morgan fingerprint density at radius 2 is 2.14 bits per heavy atom. The van der Waals surface area contributed by atoms with Gasteiger partial charge in [0.05, 0.1) is 18.2 Å². The fraction of sp³-hybridized carbons (Fsp3) is 0.647. The molecule has 0 aromatic heterocycles. The van der Waals surface area contributed by atoms with Crippen molar-refractivity contribution < 1.29 is 9.47 Å². The normalized spacial score (nSPS) is 23.1. The molecule has 0 saturated carbocycles. The first-order chi connectivity index (χ1) is 9.92. The summed E-state index contributed by atoms with van der Waals surface area (Å²) in [6.07, 6.45) is 2.24. The molecular formula is C17H26ClNO2. The maximum absolute atomic E-state index is 6.42. The molecule has 0 spiro atoms. The van der Waals surface area contributed by atoms with E-state index in [1.165, 1.54) is 0 Å². The van der Waals surface area contributed by atoms with E-state index in [1.54, 1.807) is 7.11 Å². The van der Waals surface area contributed by atoms with Gasteiger partial charge in [-0.25, -0.2) is 0 Å². The van der Waals surface area contributed by atoms with Crippen LogP contribution in [0.25, 0.3) is 0 Å². The van der Waals surface area contributed by atoms with Crippen molar-refractivity contribution in [2.75, 3.05) is 20.3 Å². The smallest absolute Gasteiger partial charge is 0.126 e. The van der Waals surface area contributed by atoms with Crippen LogP contribution < -0.4 is 10.1 Å². The van der Waals surface area contributed by atoms with Crippen molar-refractivity contribution in [2.45, 2.75) is 45.3 Å². The summed E-state index contributed by atoms with van der Waals surface area (Å²) in [5.74, 6) is 1.22. The Balaban J connectivity index is 2.22. The van der Waals surface area contributed by atoms with Gasteiger partial charge in [-0.05, 0) is 45.7 Å². The van der Waals surface area contributed by atoms with Crippen LogP contribution in [-0.4, -0.2) is 25.8 Å². The van der Waals surface area contributed by atoms with E-state index in [4.69, 9.17) is 21.1 Å². The van der Waals surface area contributed by atoms with Crippen LogP contribution in [0.4, 0.5) is 0 Å². The number of benzene rings is 1. The molecule has 1 N–H and O–H groups in total. The first-order valence-electron chi connectivity index (χ1n) is 7.61. The fourth-order valence-electron chi connectivity index (χ4n) is 2.78. The summed E-state index contributed by atoms with van der Waals surface area (Å²) in [6.45, 7) is 8.25. The molecule has 118 valence electrons. The molecule has 1 heterocycles. The van der Waals surface area contributed by atoms with E-state index in [9.17, 15) is 0 Å². The molecule has 1 fully saturated rings. The van der Waals surface area contributed by atoms with Crippen molar-refractivity contribution in [2.24, 2.45) is 5.92 Å². The van der Waals surface area contributed by atoms with Crippen molar-refractivity contribution in [3.05, 3.63) is 28.8 Å². The Kier molecular flexibility index (Phi) is 5.53. The van der Waals surface area contributed by atoms with E-state index in [0.29, 0.717) is 5.92 Å². The second-order valence-electron chi connectivity index (χ2n) is 6.68. The van der Waals surface area contributed by atoms with E-state index >= 15 is 0 Å². The molecule has 0 amide bonds. The predicted molar refractivity (Wildman–Crippen MR) is 87.2 cm³/mol. The van der Waals surface area contributed by atoms with Crippen LogP contribution in [0, 0.1) is 5.92 Å². The maximum atomic E-state index is 6.42. The minimum atomic E-state index is -0.00255. The Hall–Kier alpha value is -0.770. The lowest BCUT2D eigenvalue weighted by Gasteiger charge is -2.35. The third kappa shape index (κ3) is 4.35. The van der Waals surface area contributed by atoms with Crippen LogP contribution >= 0.6 is 11.6 Å². The first-order valence-corrected chi connectivity index (χ1v) is 7.99. The highest BCUT2D eigenvalue weighted by Gasteiger charge is 2.31. The van der Waals surface area contributed by atoms with Gasteiger partial charge in [0.2, 0.25) is 0 Å². The predicted octanol–water partition coefficient (Wildman–Crippen LogP) is 4.20. The highest BCUT2D eigenvalue weighted by atomic mass is 35.5. The molecule has 1 aromatic carbocycles. The Bertz CT molecular complexity index is 470. The summed E-state index contributed by atoms with van der Waals surface area (Å²) >= 11 is 6.42. The Morgan fingerprint density at radius 1 is 1.38 bits per heavy atom. The molecule has 0 bridgehead atoms. The van der Waals surface area contributed by atoms with Crippen LogP contribution in [0.1, 0.15) is 45.3 Å². The average Bonchev–Trinajstić information content (AvgIpc) is 2.44. The Morgan fingerprint density at radius 3 is 2.81 bits per heavy atom. The van der Waals surface area contributed by atoms with Crippen LogP contribution in [0.3, 0.4) is 0 Å². The minimum Gasteiger partial charge on any atom is -0.496 e. The summed E-state index contributed by atoms with van der Waals surface area (Å²) in [5.41, 5.74) is 1.09. The zero-order valence-electron chi connectivity index (χ0n) is 13.4. The fourth-order valence-corrected chi connectivity index (χ4v) is 3.05. The second-order valence-corrected chi connectivity index (χ2v) is 7.09. The van der Waals surface area contributed by atoms with Gasteiger partial charge in [0.25, 0.3) is 0 Å². The van der Waals surface area contributed by atoms with Crippen LogP contribution in [0.5, 0.6) is 5.75 Å². The molecule has 2 rings (SSSR count). The van der Waals surface area contributed by atoms with Crippen LogP contribution in [0.15, 0.2) is 18.2 Å². The van der Waals surface area contributed by atoms with E-state index in [1.807, 2.05) is 18.2 Å². The molecule has 21 heavy (non-hydrogen) atoms. The van der Waals surface area contributed by atoms with E-state index in [0.717, 1.165) is 42.3 Å². The largest absolute Gasteiger partial charge is 0.496 e. The van der Waals surface area contributed by atoms with Gasteiger partial charge in [-0.15, -0.1) is 0 Å². The molecule has 2 unspecified atom stereocenters. The zero-order valence-corrected chi connectivity index (χ0v) is 14.2. The molecule has 0 radical (unpaired) electrons. The van der Waals surface area contributed by atoms with Gasteiger partial charge in [0.1, 0.15) is 5.75 Å². The minimum absolute atomic E-state index is 0.00255. The molecule has 4 heteroatoms. The number of ether oxygens (including phenoxy) is 2. The molecule has 1 aromatic rings. The summed E-state index contributed by atoms with van der Waals surface area (Å²) in [4.78, 5) is 0. The summed E-state index contributed by atoms with van der Waals surface area (Å²) in [5, 5.41) is 4.31. The van der Waals surface area contributed by atoms with Crippen molar-refractivity contribution >= 4 is 11.6 Å². The number of hydrogen-bond acceptors (Lipinski definition) is 3. The van der Waals surface area contributed by atoms with E-state index in [2.05, 4.69) is 26.1 Å². The van der Waals surface area contributed by atoms with Crippen molar-refractivity contribution in [3.63, 3.8) is 0 Å². The van der Waals surface area contributed by atoms with Gasteiger partial charge in [0, 0.05) is 30.2 Å². The lowest BCUT2D eigenvalue weighted by Crippen LogP contribution is -2.41. The van der Waals surface area contributed by atoms with Crippen molar-refractivity contribution in [3.8, 4) is 5.75 Å². The number of rotatable bonds is 4. The molecule has 1 saturated heterocycles. The molecule has 0 aliphatic carbocycles. The maximum Gasteiger partial charge on any atom is 0.126 e. The number of nitrogens with one attached hydrogen (secondary N) is 1. The molecule has 1 aliphatic heterocycles. The quantitative estimate of drug-likeness (QED) is 0.903. The molecule has 1 aliphatic rings. The van der Waals surface area contributed by atoms with Gasteiger partial charge < -0.3 is 14.8 Å². The van der Waals surface area contributed by atoms with E-state index in [-0.39, 0.29) is 11.6 Å². The second kappa shape index (κ2) is 6.99. The van der Waals surface area contributed by atoms with Crippen molar-refractivity contribution in [1.82, 2.24) is 5.32 Å². The molecule has 3 nitrogen and oxygen atoms in total. The number of methoxy groups -OCH3 is 1. The monoisotopic (exact) mass is 311 g/mol. The van der Waals surface area contributed by atoms with Gasteiger partial charge in [-0.3, -0.25) is 0 Å². The number of hydrogen-bond donors (Lipinski definition) is 1. The highest BCUT2D eigenvalue weighted by Crippen LogP contribution is 2.41. The van der Waals surface area contributed by atoms with Gasteiger partial charge in [-0.2, -0.15) is 0 Å². The zero-order chi connectivity index (χ0) is 15.5. The van der Waals surface area contributed by atoms with Crippen LogP contribution in [-0.2, 0) is 4.74 Å². The van der Waals surface area contributed by atoms with Gasteiger partial charge >= 0.3 is 0 Å². The summed E-state index contributed by atoms with van der Waals surface area (Å²) < 4.78 is 11.5. The third-order valence-electron chi connectivity index (χ3n) is 3.86.